The van der Waals surface area contributed by atoms with Crippen LogP contribution in [-0.4, -0.2) is 6.71 Å². The average molecular weight is 108 g/mol. The van der Waals surface area contributed by atoms with E-state index in [0.717, 1.165) is 12.6 Å². The first-order valence-electron chi connectivity index (χ1n) is 3.95. The Hall–Kier alpha value is 0.0649. The zero-order valence-corrected chi connectivity index (χ0v) is 5.40. The van der Waals surface area contributed by atoms with Gasteiger partial charge in [-0.15, -0.1) is 0 Å². The molecule has 0 aromatic heterocycles. The van der Waals surface area contributed by atoms with Crippen molar-refractivity contribution >= 4 is 6.71 Å². The lowest BCUT2D eigenvalue weighted by atomic mass is 9.43. The Kier molecular flexibility index (Phi) is 1.09. The van der Waals surface area contributed by atoms with Crippen molar-refractivity contribution in [1.29, 1.82) is 0 Å². The summed E-state index contributed by atoms with van der Waals surface area (Å²) >= 11 is 0. The van der Waals surface area contributed by atoms with E-state index >= 15 is 0 Å². The van der Waals surface area contributed by atoms with Crippen molar-refractivity contribution in [3.05, 3.63) is 0 Å². The summed E-state index contributed by atoms with van der Waals surface area (Å²) in [5.41, 5.74) is 0. The van der Waals surface area contributed by atoms with E-state index in [9.17, 15) is 0 Å². The van der Waals surface area contributed by atoms with Gasteiger partial charge < -0.3 is 0 Å². The Balaban J connectivity index is 2.03. The van der Waals surface area contributed by atoms with Crippen LogP contribution in [0, 0.1) is 5.92 Å². The molecule has 1 atom stereocenters. The van der Waals surface area contributed by atoms with Crippen LogP contribution in [0.1, 0.15) is 19.3 Å². The molecule has 44 valence electrons. The number of fused-ring (bicyclic) bond motifs is 2. The second kappa shape index (κ2) is 1.79. The molecule has 0 saturated carbocycles. The van der Waals surface area contributed by atoms with Gasteiger partial charge in [-0.2, -0.15) is 0 Å². The van der Waals surface area contributed by atoms with Gasteiger partial charge in [0.2, 0.25) is 0 Å². The Morgan fingerprint density at radius 3 is 2.88 bits per heavy atom. The van der Waals surface area contributed by atoms with Crippen molar-refractivity contribution in [1.82, 2.24) is 0 Å². The van der Waals surface area contributed by atoms with Crippen molar-refractivity contribution in [3.8, 4) is 0 Å². The highest BCUT2D eigenvalue weighted by atomic mass is 14.2. The van der Waals surface area contributed by atoms with E-state index in [-0.39, 0.29) is 0 Å². The molecule has 0 amide bonds. The van der Waals surface area contributed by atoms with Crippen LogP contribution in [0.5, 0.6) is 0 Å². The van der Waals surface area contributed by atoms with Crippen molar-refractivity contribution in [3.63, 3.8) is 0 Å². The van der Waals surface area contributed by atoms with E-state index in [1.165, 1.54) is 6.42 Å². The maximum atomic E-state index is 1.58. The van der Waals surface area contributed by atoms with E-state index < -0.39 is 0 Å². The van der Waals surface area contributed by atoms with Gasteiger partial charge in [0, 0.05) is 0 Å². The predicted molar refractivity (Wildman–Crippen MR) is 37.5 cm³/mol. The fourth-order valence-electron chi connectivity index (χ4n) is 2.40. The Bertz CT molecular complexity index is 76.4. The third-order valence-corrected chi connectivity index (χ3v) is 2.87. The molecule has 2 rings (SSSR count). The largest absolute Gasteiger partial charge is 0.140 e. The molecular formula is C7H13B. The van der Waals surface area contributed by atoms with Gasteiger partial charge in [0.25, 0.3) is 0 Å². The molecule has 2 bridgehead atoms. The molecule has 0 aromatic carbocycles. The van der Waals surface area contributed by atoms with Crippen LogP contribution >= 0.6 is 0 Å². The molecule has 0 aliphatic carbocycles. The molecule has 8 heavy (non-hydrogen) atoms. The first kappa shape index (κ1) is 4.90. The molecule has 0 spiro atoms. The first-order valence-corrected chi connectivity index (χ1v) is 3.95. The monoisotopic (exact) mass is 108 g/mol. The highest BCUT2D eigenvalue weighted by Gasteiger charge is 2.30. The highest BCUT2D eigenvalue weighted by Crippen LogP contribution is 2.37. The van der Waals surface area contributed by atoms with Gasteiger partial charge in [-0.25, -0.2) is 0 Å². The Morgan fingerprint density at radius 1 is 1.12 bits per heavy atom. The van der Waals surface area contributed by atoms with E-state index in [2.05, 4.69) is 0 Å². The van der Waals surface area contributed by atoms with Crippen LogP contribution < -0.4 is 0 Å². The molecule has 2 aliphatic heterocycles. The number of hydrogen-bond acceptors (Lipinski definition) is 0. The van der Waals surface area contributed by atoms with E-state index in [1.807, 2.05) is 0 Å². The Labute approximate surface area is 51.7 Å². The Morgan fingerprint density at radius 2 is 2.12 bits per heavy atom. The fourth-order valence-corrected chi connectivity index (χ4v) is 2.40. The highest BCUT2D eigenvalue weighted by molar-refractivity contribution is 6.59. The summed E-state index contributed by atoms with van der Waals surface area (Å²) in [6.45, 7) is 1.16. The van der Waals surface area contributed by atoms with Gasteiger partial charge in [-0.05, 0) is 5.92 Å². The lowest BCUT2D eigenvalue weighted by Gasteiger charge is -2.14. The predicted octanol–water partition coefficient (Wildman–Crippen LogP) is 2.29. The van der Waals surface area contributed by atoms with E-state index in [4.69, 9.17) is 0 Å². The third-order valence-electron chi connectivity index (χ3n) is 2.87. The van der Waals surface area contributed by atoms with Crippen molar-refractivity contribution < 1.29 is 0 Å². The summed E-state index contributed by atoms with van der Waals surface area (Å²) in [4.78, 5) is 0. The quantitative estimate of drug-likeness (QED) is 0.417. The van der Waals surface area contributed by atoms with Crippen LogP contribution in [0.2, 0.25) is 19.0 Å². The molecule has 2 saturated heterocycles. The second-order valence-electron chi connectivity index (χ2n) is 3.48. The van der Waals surface area contributed by atoms with Crippen LogP contribution in [0.25, 0.3) is 0 Å². The molecule has 2 fully saturated rings. The topological polar surface area (TPSA) is 0 Å². The maximum Gasteiger partial charge on any atom is 0.140 e. The minimum absolute atomic E-state index is 1.16. The molecule has 0 radical (unpaired) electrons. The van der Waals surface area contributed by atoms with Gasteiger partial charge in [-0.1, -0.05) is 38.2 Å². The maximum absolute atomic E-state index is 1.58. The van der Waals surface area contributed by atoms with Crippen LogP contribution in [0.3, 0.4) is 0 Å². The van der Waals surface area contributed by atoms with Crippen LogP contribution in [0.15, 0.2) is 0 Å². The lowest BCUT2D eigenvalue weighted by molar-refractivity contribution is 0.521. The first-order chi connectivity index (χ1) is 3.95. The molecule has 1 heteroatoms. The average Bonchev–Trinajstić information content (AvgIpc) is 2.12. The van der Waals surface area contributed by atoms with Crippen LogP contribution in [0.4, 0.5) is 0 Å². The fraction of sp³-hybridized carbons (Fsp3) is 1.00. The molecule has 2 aliphatic rings. The van der Waals surface area contributed by atoms with E-state index in [0.29, 0.717) is 0 Å². The lowest BCUT2D eigenvalue weighted by Crippen LogP contribution is -2.11. The normalized spacial score (nSPS) is 36.0. The van der Waals surface area contributed by atoms with E-state index in [1.54, 1.807) is 31.8 Å². The summed E-state index contributed by atoms with van der Waals surface area (Å²) in [6, 6.07) is 0. The zero-order chi connectivity index (χ0) is 5.40. The van der Waals surface area contributed by atoms with Gasteiger partial charge in [0.15, 0.2) is 0 Å². The second-order valence-corrected chi connectivity index (χ2v) is 3.48. The SMILES string of the molecule is C1CB2CCC(C1)C2. The zero-order valence-electron chi connectivity index (χ0n) is 5.40. The number of rotatable bonds is 0. The smallest absolute Gasteiger partial charge is 0.0741 e. The van der Waals surface area contributed by atoms with Crippen molar-refractivity contribution in [2.75, 3.05) is 0 Å². The number of hydrogen-bond donors (Lipinski definition) is 0. The van der Waals surface area contributed by atoms with Gasteiger partial charge in [-0.3, -0.25) is 0 Å². The van der Waals surface area contributed by atoms with Crippen LogP contribution in [-0.2, 0) is 0 Å². The molecule has 0 N–H and O–H groups in total. The summed E-state index contributed by atoms with van der Waals surface area (Å²) < 4.78 is 0. The van der Waals surface area contributed by atoms with Gasteiger partial charge >= 0.3 is 0 Å². The van der Waals surface area contributed by atoms with Crippen molar-refractivity contribution in [2.24, 2.45) is 5.92 Å². The van der Waals surface area contributed by atoms with Gasteiger partial charge in [0.05, 0.1) is 0 Å². The molecule has 1 unspecified atom stereocenters. The minimum Gasteiger partial charge on any atom is -0.0741 e. The minimum atomic E-state index is 1.16. The summed E-state index contributed by atoms with van der Waals surface area (Å²) in [5.74, 6) is 1.16. The van der Waals surface area contributed by atoms with Crippen molar-refractivity contribution in [2.45, 2.75) is 38.2 Å². The molecule has 2 heterocycles. The summed E-state index contributed by atoms with van der Waals surface area (Å²) in [6.07, 6.45) is 9.34. The van der Waals surface area contributed by atoms with Gasteiger partial charge in [0.1, 0.15) is 6.71 Å². The third kappa shape index (κ3) is 0.686. The molecule has 0 aromatic rings. The molecular weight excluding hydrogens is 94.9 g/mol. The molecule has 0 nitrogen and oxygen atoms in total. The standard InChI is InChI=1S/C7H13B/c1-2-7-3-5-8(4-1)6-7/h7H,1-6H2. The summed E-state index contributed by atoms with van der Waals surface area (Å²) in [5, 5.41) is 0. The summed E-state index contributed by atoms with van der Waals surface area (Å²) in [7, 11) is 0.